The average Bonchev–Trinajstić information content (AvgIpc) is 2.98. The van der Waals surface area contributed by atoms with Crippen molar-refractivity contribution in [2.75, 3.05) is 16.8 Å². The van der Waals surface area contributed by atoms with Gasteiger partial charge >= 0.3 is 5.97 Å². The van der Waals surface area contributed by atoms with Crippen LogP contribution < -0.4 is 15.0 Å². The van der Waals surface area contributed by atoms with Gasteiger partial charge in [0.25, 0.3) is 17.7 Å². The zero-order chi connectivity index (χ0) is 27.4. The monoisotopic (exact) mass is 520 g/mol. The van der Waals surface area contributed by atoms with Crippen molar-refractivity contribution in [1.29, 1.82) is 0 Å². The largest absolute Gasteiger partial charge is 0.490 e. The molecule has 0 aromatic heterocycles. The number of nitrogens with zero attached hydrogens (tertiary/aromatic N) is 1. The number of rotatable bonds is 6. The molecular formula is C29H26F2N2O5. The number of anilines is 2. The number of carboxylic acid groups (broad SMARTS) is 1. The first-order chi connectivity index (χ1) is 18.1. The number of carbonyl (C=O) groups excluding carboxylic acids is 2. The minimum atomic E-state index is -3.44. The molecule has 0 saturated heterocycles. The summed E-state index contributed by atoms with van der Waals surface area (Å²) in [6, 6.07) is 18.9. The Hall–Kier alpha value is -4.53. The lowest BCUT2D eigenvalue weighted by atomic mass is 9.97. The quantitative estimate of drug-likeness (QED) is 0.396. The zero-order valence-electron chi connectivity index (χ0n) is 20.8. The molecule has 1 heterocycles. The molecule has 0 unspecified atom stereocenters. The summed E-state index contributed by atoms with van der Waals surface area (Å²) in [5.74, 6) is -5.40. The molecule has 38 heavy (non-hydrogen) atoms. The van der Waals surface area contributed by atoms with Crippen LogP contribution in [0.1, 0.15) is 46.5 Å². The maximum atomic E-state index is 14.9. The van der Waals surface area contributed by atoms with Gasteiger partial charge in [0.2, 0.25) is 0 Å². The Morgan fingerprint density at radius 3 is 2.34 bits per heavy atom. The lowest BCUT2D eigenvalue weighted by Crippen LogP contribution is -2.33. The van der Waals surface area contributed by atoms with Gasteiger partial charge in [-0.05, 0) is 56.3 Å². The fraction of sp³-hybridized carbons (Fsp3) is 0.207. The number of fused-ring (bicyclic) bond motifs is 1. The topological polar surface area (TPSA) is 95.9 Å². The van der Waals surface area contributed by atoms with Gasteiger partial charge < -0.3 is 20.1 Å². The second kappa shape index (κ2) is 10.8. The number of alkyl halides is 2. The Morgan fingerprint density at radius 1 is 1.00 bits per heavy atom. The molecule has 0 radical (unpaired) electrons. The second-order valence-electron chi connectivity index (χ2n) is 9.02. The minimum absolute atomic E-state index is 0.0167. The molecule has 3 aromatic rings. The van der Waals surface area contributed by atoms with E-state index in [4.69, 9.17) is 9.84 Å². The number of hydrogen-bond acceptors (Lipinski definition) is 4. The number of benzene rings is 3. The Labute approximate surface area is 218 Å². The van der Waals surface area contributed by atoms with Crippen LogP contribution in [0.25, 0.3) is 5.57 Å². The maximum Gasteiger partial charge on any atom is 0.328 e. The number of para-hydroxylation sites is 2. The maximum absolute atomic E-state index is 14.9. The van der Waals surface area contributed by atoms with Crippen LogP contribution in [0.5, 0.6) is 5.75 Å². The van der Waals surface area contributed by atoms with Gasteiger partial charge in [0.1, 0.15) is 5.75 Å². The molecule has 0 fully saturated rings. The van der Waals surface area contributed by atoms with Crippen LogP contribution in [0.4, 0.5) is 20.2 Å². The SMILES string of the molecule is CC(C)Oc1ccccc1C(=O)Nc1ccc(C(=O)N2CCC(F)(F)C(=CC(=O)O)c3ccccc32)cc1. The van der Waals surface area contributed by atoms with E-state index in [2.05, 4.69) is 5.32 Å². The summed E-state index contributed by atoms with van der Waals surface area (Å²) >= 11 is 0. The van der Waals surface area contributed by atoms with E-state index >= 15 is 0 Å². The molecule has 0 atom stereocenters. The third-order valence-electron chi connectivity index (χ3n) is 5.93. The third kappa shape index (κ3) is 5.72. The van der Waals surface area contributed by atoms with Crippen LogP contribution in [0.2, 0.25) is 0 Å². The normalized spacial score (nSPS) is 15.5. The number of amides is 2. The number of halogens is 2. The molecule has 2 N–H and O–H groups in total. The summed E-state index contributed by atoms with van der Waals surface area (Å²) in [4.78, 5) is 38.7. The highest BCUT2D eigenvalue weighted by Gasteiger charge is 2.41. The molecule has 3 aromatic carbocycles. The Balaban J connectivity index is 1.58. The highest BCUT2D eigenvalue weighted by atomic mass is 19.3. The van der Waals surface area contributed by atoms with E-state index < -0.39 is 29.8 Å². The summed E-state index contributed by atoms with van der Waals surface area (Å²) in [5.41, 5.74) is 0.540. The molecular weight excluding hydrogens is 494 g/mol. The predicted octanol–water partition coefficient (Wildman–Crippen LogP) is 5.88. The first-order valence-electron chi connectivity index (χ1n) is 12.0. The van der Waals surface area contributed by atoms with E-state index in [0.29, 0.717) is 23.1 Å². The molecule has 0 aliphatic carbocycles. The van der Waals surface area contributed by atoms with Crippen LogP contribution in [0.15, 0.2) is 78.9 Å². The van der Waals surface area contributed by atoms with E-state index in [0.717, 1.165) is 0 Å². The van der Waals surface area contributed by atoms with Crippen molar-refractivity contribution < 1.29 is 33.0 Å². The van der Waals surface area contributed by atoms with Crippen molar-refractivity contribution in [2.45, 2.75) is 32.3 Å². The summed E-state index contributed by atoms with van der Waals surface area (Å²) in [6.45, 7) is 3.40. The van der Waals surface area contributed by atoms with Crippen LogP contribution in [0, 0.1) is 0 Å². The van der Waals surface area contributed by atoms with Gasteiger partial charge in [0, 0.05) is 41.4 Å². The van der Waals surface area contributed by atoms with Crippen LogP contribution in [-0.4, -0.2) is 41.5 Å². The summed E-state index contributed by atoms with van der Waals surface area (Å²) in [7, 11) is 0. The Morgan fingerprint density at radius 2 is 1.66 bits per heavy atom. The smallest absolute Gasteiger partial charge is 0.328 e. The number of carbonyl (C=O) groups is 3. The van der Waals surface area contributed by atoms with E-state index in [1.807, 2.05) is 13.8 Å². The van der Waals surface area contributed by atoms with Crippen molar-refractivity contribution in [1.82, 2.24) is 0 Å². The van der Waals surface area contributed by atoms with Gasteiger partial charge in [0.15, 0.2) is 0 Å². The lowest BCUT2D eigenvalue weighted by Gasteiger charge is -2.23. The highest BCUT2D eigenvalue weighted by Crippen LogP contribution is 2.43. The molecule has 1 aliphatic heterocycles. The van der Waals surface area contributed by atoms with Crippen molar-refractivity contribution in [3.63, 3.8) is 0 Å². The number of aliphatic carboxylic acids is 1. The molecule has 9 heteroatoms. The van der Waals surface area contributed by atoms with Crippen LogP contribution in [-0.2, 0) is 4.79 Å². The minimum Gasteiger partial charge on any atom is -0.490 e. The first-order valence-corrected chi connectivity index (χ1v) is 12.0. The predicted molar refractivity (Wildman–Crippen MR) is 140 cm³/mol. The molecule has 2 amide bonds. The number of hydrogen-bond donors (Lipinski definition) is 2. The third-order valence-corrected chi connectivity index (χ3v) is 5.93. The van der Waals surface area contributed by atoms with Crippen LogP contribution >= 0.6 is 0 Å². The standard InChI is InChI=1S/C29H26F2N2O5/c1-18(2)38-25-10-6-4-8-22(25)27(36)32-20-13-11-19(12-14-20)28(37)33-16-15-29(30,31)23(17-26(34)35)21-7-3-5-9-24(21)33/h3-14,17-18H,15-16H2,1-2H3,(H,32,36)(H,34,35). The number of carboxylic acids is 1. The van der Waals surface area contributed by atoms with Gasteiger partial charge in [-0.2, -0.15) is 0 Å². The highest BCUT2D eigenvalue weighted by molar-refractivity contribution is 6.09. The fourth-order valence-electron chi connectivity index (χ4n) is 4.22. The number of ether oxygens (including phenoxy) is 1. The molecule has 7 nitrogen and oxygen atoms in total. The van der Waals surface area contributed by atoms with Crippen molar-refractivity contribution in [3.05, 3.63) is 95.6 Å². The van der Waals surface area contributed by atoms with E-state index in [-0.39, 0.29) is 35.4 Å². The summed E-state index contributed by atoms with van der Waals surface area (Å²) in [6.07, 6.45) is -0.360. The molecule has 4 rings (SSSR count). The van der Waals surface area contributed by atoms with Crippen molar-refractivity contribution in [2.24, 2.45) is 0 Å². The summed E-state index contributed by atoms with van der Waals surface area (Å²) < 4.78 is 35.5. The van der Waals surface area contributed by atoms with E-state index in [1.54, 1.807) is 42.5 Å². The lowest BCUT2D eigenvalue weighted by molar-refractivity contribution is -0.131. The number of nitrogens with one attached hydrogen (secondary N) is 1. The number of allylic oxidation sites excluding steroid dienone is 1. The zero-order valence-corrected chi connectivity index (χ0v) is 20.8. The molecule has 196 valence electrons. The van der Waals surface area contributed by atoms with Gasteiger partial charge in [-0.3, -0.25) is 9.59 Å². The molecule has 0 saturated carbocycles. The van der Waals surface area contributed by atoms with E-state index in [1.165, 1.54) is 35.2 Å². The molecule has 1 aliphatic rings. The average molecular weight is 521 g/mol. The first kappa shape index (κ1) is 26.5. The fourth-order valence-corrected chi connectivity index (χ4v) is 4.22. The summed E-state index contributed by atoms with van der Waals surface area (Å²) in [5, 5.41) is 11.9. The van der Waals surface area contributed by atoms with Gasteiger partial charge in [-0.15, -0.1) is 0 Å². The molecule has 0 spiro atoms. The Kier molecular flexibility index (Phi) is 7.57. The van der Waals surface area contributed by atoms with E-state index in [9.17, 15) is 23.2 Å². The van der Waals surface area contributed by atoms with Gasteiger partial charge in [-0.1, -0.05) is 30.3 Å². The van der Waals surface area contributed by atoms with Crippen molar-refractivity contribution >= 4 is 34.7 Å². The van der Waals surface area contributed by atoms with Crippen LogP contribution in [0.3, 0.4) is 0 Å². The second-order valence-corrected chi connectivity index (χ2v) is 9.02. The van der Waals surface area contributed by atoms with Gasteiger partial charge in [0.05, 0.1) is 17.4 Å². The van der Waals surface area contributed by atoms with Gasteiger partial charge in [-0.25, -0.2) is 13.6 Å². The molecule has 0 bridgehead atoms. The Bertz CT molecular complexity index is 1400. The van der Waals surface area contributed by atoms with Crippen molar-refractivity contribution in [3.8, 4) is 5.75 Å².